The van der Waals surface area contributed by atoms with E-state index in [2.05, 4.69) is 15.3 Å². The lowest BCUT2D eigenvalue weighted by atomic mass is 9.92. The zero-order chi connectivity index (χ0) is 28.8. The van der Waals surface area contributed by atoms with E-state index in [4.69, 9.17) is 19.1 Å². The number of hydrogen-bond acceptors (Lipinski definition) is 8. The molecule has 3 rings (SSSR count). The van der Waals surface area contributed by atoms with Crippen LogP contribution >= 0.6 is 11.3 Å². The van der Waals surface area contributed by atoms with Gasteiger partial charge in [-0.1, -0.05) is 0 Å². The highest BCUT2D eigenvalue weighted by molar-refractivity contribution is 7.14. The topological polar surface area (TPSA) is 187 Å². The Kier molecular flexibility index (Phi) is 4.98. The Balaban J connectivity index is 1.80. The highest BCUT2D eigenvalue weighted by atomic mass is 32.1. The van der Waals surface area contributed by atoms with Crippen LogP contribution in [-0.4, -0.2) is 50.6 Å². The van der Waals surface area contributed by atoms with E-state index in [0.717, 1.165) is 11.3 Å². The molecule has 0 unspecified atom stereocenters. The molecule has 1 aliphatic rings. The van der Waals surface area contributed by atoms with Gasteiger partial charge in [0.05, 0.1) is 11.8 Å². The summed E-state index contributed by atoms with van der Waals surface area (Å²) >= 11 is 0.890. The van der Waals surface area contributed by atoms with Gasteiger partial charge in [0, 0.05) is 23.3 Å². The summed E-state index contributed by atoms with van der Waals surface area (Å²) in [7, 11) is 0. The van der Waals surface area contributed by atoms with Gasteiger partial charge in [-0.05, 0) is 50.1 Å². The van der Waals surface area contributed by atoms with Gasteiger partial charge in [0.1, 0.15) is 11.8 Å². The minimum absolute atomic E-state index is 0.00122. The van der Waals surface area contributed by atoms with Gasteiger partial charge in [-0.15, -0.1) is 11.3 Å². The fourth-order valence-electron chi connectivity index (χ4n) is 3.26. The van der Waals surface area contributed by atoms with Crippen LogP contribution in [-0.2, 0) is 22.4 Å². The normalized spacial score (nSPS) is 20.6. The van der Waals surface area contributed by atoms with Gasteiger partial charge in [0.25, 0.3) is 11.5 Å². The fraction of sp³-hybridized carbons (Fsp3) is 0.450. The number of amides is 1. The first-order valence-corrected chi connectivity index (χ1v) is 10.3. The van der Waals surface area contributed by atoms with Crippen molar-refractivity contribution in [2.24, 2.45) is 5.92 Å². The second kappa shape index (κ2) is 9.81. The summed E-state index contributed by atoms with van der Waals surface area (Å²) < 4.78 is 46.7. The highest BCUT2D eigenvalue weighted by Crippen LogP contribution is 2.28. The summed E-state index contributed by atoms with van der Waals surface area (Å²) in [5.41, 5.74) is 6.29. The predicted octanol–water partition coefficient (Wildman–Crippen LogP) is 0.987. The number of carbonyl (C=O) groups excluding carboxylic acids is 1. The second-order valence-corrected chi connectivity index (χ2v) is 8.25. The van der Waals surface area contributed by atoms with Crippen LogP contribution < -0.4 is 21.9 Å². The van der Waals surface area contributed by atoms with Crippen molar-refractivity contribution in [3.05, 3.63) is 37.3 Å². The number of carbonyl (C=O) groups is 3. The number of nitrogens with zero attached hydrogens (tertiary/aromatic N) is 1. The third kappa shape index (κ3) is 5.63. The van der Waals surface area contributed by atoms with E-state index >= 15 is 0 Å². The third-order valence-electron chi connectivity index (χ3n) is 4.80. The molecule has 1 aliphatic heterocycles. The second-order valence-electron chi connectivity index (χ2n) is 7.11. The molecule has 0 fully saturated rings. The summed E-state index contributed by atoms with van der Waals surface area (Å²) in [6, 6.07) is -2.60. The molecule has 12 heteroatoms. The van der Waals surface area contributed by atoms with Gasteiger partial charge in [-0.2, -0.15) is 4.98 Å². The molecule has 1 amide bonds. The van der Waals surface area contributed by atoms with E-state index in [9.17, 15) is 24.3 Å². The zero-order valence-corrected chi connectivity index (χ0v) is 17.7. The number of aliphatic carboxylic acids is 2. The first-order chi connectivity index (χ1) is 17.4. The van der Waals surface area contributed by atoms with Crippen LogP contribution in [0.2, 0.25) is 1.41 Å². The Bertz CT molecular complexity index is 1350. The molecule has 7 N–H and O–H groups in total. The monoisotopic (exact) mass is 469 g/mol. The summed E-state index contributed by atoms with van der Waals surface area (Å²) in [6.45, 7) is 2.18. The van der Waals surface area contributed by atoms with Gasteiger partial charge in [-0.25, -0.2) is 4.79 Å². The summed E-state index contributed by atoms with van der Waals surface area (Å²) in [4.78, 5) is 55.3. The van der Waals surface area contributed by atoms with E-state index in [1.807, 2.05) is 0 Å². The number of nitrogens with one attached hydrogen (secondary N) is 3. The lowest BCUT2D eigenvalue weighted by Crippen LogP contribution is -2.40. The Morgan fingerprint density at radius 3 is 2.94 bits per heavy atom. The standard InChI is InChI=1S/C20H25N5O6S/c1-9-6-14(18(29)23-12(19(30)31)3-5-15(26)27)32-13(9)4-2-10-7-11-16(22-8-10)24-20(21)25-17(11)28/h6,10,12H,2-5,7-8H2,1H3,(H,23,29)(H,26,27)(H,30,31)(H4,21,22,24,25,28)/t10-,12-/m0/s1/i3D2,5D2,12D/hD. The van der Waals surface area contributed by atoms with Crippen LogP contribution in [0.5, 0.6) is 0 Å². The Morgan fingerprint density at radius 2 is 2.25 bits per heavy atom. The van der Waals surface area contributed by atoms with Crippen molar-refractivity contribution >= 4 is 40.9 Å². The first kappa shape index (κ1) is 16.3. The quantitative estimate of drug-likeness (QED) is 0.311. The molecule has 2 aromatic rings. The zero-order valence-electron chi connectivity index (χ0n) is 22.9. The number of nitrogen functional groups attached to an aromatic ring is 1. The van der Waals surface area contributed by atoms with E-state index in [0.29, 0.717) is 47.6 Å². The number of thiophene rings is 1. The molecule has 0 aromatic carbocycles. The number of rotatable bonds is 9. The van der Waals surface area contributed by atoms with Gasteiger partial charge in [-0.3, -0.25) is 19.4 Å². The number of fused-ring (bicyclic) bond motifs is 1. The average molecular weight is 470 g/mol. The molecule has 2 atom stereocenters. The Morgan fingerprint density at radius 1 is 1.50 bits per heavy atom. The summed E-state index contributed by atoms with van der Waals surface area (Å²) in [5.74, 6) is -5.77. The number of carboxylic acids is 2. The van der Waals surface area contributed by atoms with E-state index in [1.54, 1.807) is 6.92 Å². The lowest BCUT2D eigenvalue weighted by Gasteiger charge is -2.24. The van der Waals surface area contributed by atoms with Crippen LogP contribution in [0.15, 0.2) is 10.9 Å². The van der Waals surface area contributed by atoms with Crippen molar-refractivity contribution in [2.75, 3.05) is 17.6 Å². The molecule has 0 spiro atoms. The van der Waals surface area contributed by atoms with Crippen LogP contribution in [0.1, 0.15) is 51.7 Å². The number of hydrogen-bond donors (Lipinski definition) is 6. The Labute approximate surface area is 195 Å². The smallest absolute Gasteiger partial charge is 0.326 e. The van der Waals surface area contributed by atoms with Crippen LogP contribution in [0.25, 0.3) is 0 Å². The van der Waals surface area contributed by atoms with Crippen LogP contribution in [0, 0.1) is 12.8 Å². The Hall–Kier alpha value is -3.41. The fourth-order valence-corrected chi connectivity index (χ4v) is 4.34. The summed E-state index contributed by atoms with van der Waals surface area (Å²) in [6.07, 6.45) is -6.49. The molecule has 0 aliphatic carbocycles. The molecular formula is C20H25N5O6S. The van der Waals surface area contributed by atoms with Crippen molar-refractivity contribution in [1.29, 1.82) is 0 Å². The number of anilines is 2. The molecular weight excluding hydrogens is 438 g/mol. The first-order valence-electron chi connectivity index (χ1n) is 12.4. The van der Waals surface area contributed by atoms with Crippen molar-refractivity contribution < 1.29 is 32.9 Å². The molecule has 11 nitrogen and oxygen atoms in total. The molecule has 0 saturated carbocycles. The minimum Gasteiger partial charge on any atom is -0.481 e. The van der Waals surface area contributed by atoms with Crippen molar-refractivity contribution in [1.82, 2.24) is 15.3 Å². The maximum absolute atomic E-state index is 13.0. The van der Waals surface area contributed by atoms with E-state index in [1.165, 1.54) is 6.07 Å². The van der Waals surface area contributed by atoms with Crippen molar-refractivity contribution in [3.8, 4) is 0 Å². The molecule has 172 valence electrons. The molecule has 0 radical (unpaired) electrons. The average Bonchev–Trinajstić information content (AvgIpc) is 3.21. The molecule has 0 saturated heterocycles. The van der Waals surface area contributed by atoms with Gasteiger partial charge in [0.15, 0.2) is 1.41 Å². The molecule has 0 bridgehead atoms. The molecule has 32 heavy (non-hydrogen) atoms. The molecule has 3 heterocycles. The maximum atomic E-state index is 13.0. The van der Waals surface area contributed by atoms with Gasteiger partial charge < -0.3 is 26.6 Å². The summed E-state index contributed by atoms with van der Waals surface area (Å²) in [5, 5.41) is 21.1. The van der Waals surface area contributed by atoms with Gasteiger partial charge in [0.2, 0.25) is 5.95 Å². The SMILES string of the molecule is [2H]N(C(=O)c1cc(C)c(CC[C@@H]2CNc3nc(N)[nH]c(=O)c3C2)s1)[C@]([2H])(C(=O)O)C([2H])([2H])C([2H])([2H])C(=O)O. The number of aromatic nitrogens is 2. The van der Waals surface area contributed by atoms with Crippen molar-refractivity contribution in [3.63, 3.8) is 0 Å². The minimum atomic E-state index is -4.02. The number of aromatic amines is 1. The maximum Gasteiger partial charge on any atom is 0.326 e. The van der Waals surface area contributed by atoms with Crippen molar-refractivity contribution in [2.45, 2.75) is 44.9 Å². The number of H-pyrrole nitrogens is 1. The largest absolute Gasteiger partial charge is 0.481 e. The molecule has 2 aromatic heterocycles. The lowest BCUT2D eigenvalue weighted by molar-refractivity contribution is -0.140. The number of nitrogens with two attached hydrogens (primary N) is 1. The number of aryl methyl sites for hydroxylation is 2. The van der Waals surface area contributed by atoms with Crippen LogP contribution in [0.4, 0.5) is 11.8 Å². The predicted molar refractivity (Wildman–Crippen MR) is 118 cm³/mol. The van der Waals surface area contributed by atoms with E-state index in [-0.39, 0.29) is 22.3 Å². The van der Waals surface area contributed by atoms with E-state index < -0.39 is 41.9 Å². The number of carboxylic acid groups (broad SMARTS) is 2. The third-order valence-corrected chi connectivity index (χ3v) is 6.08. The van der Waals surface area contributed by atoms with Gasteiger partial charge >= 0.3 is 11.9 Å². The highest BCUT2D eigenvalue weighted by Gasteiger charge is 2.25. The van der Waals surface area contributed by atoms with Crippen LogP contribution in [0.3, 0.4) is 0 Å².